The normalized spacial score (nSPS) is 11.0. The van der Waals surface area contributed by atoms with E-state index in [1.54, 1.807) is 25.3 Å². The number of ether oxygens (including phenoxy) is 4. The molecule has 168 valence electrons. The van der Waals surface area contributed by atoms with Crippen molar-refractivity contribution in [1.29, 1.82) is 0 Å². The number of nitrogens with zero attached hydrogens (tertiary/aromatic N) is 2. The average Bonchev–Trinajstić information content (AvgIpc) is 3.24. The first kappa shape index (κ1) is 22.0. The Balaban J connectivity index is 1.76. The number of allylic oxidation sites excluding steroid dienone is 1. The van der Waals surface area contributed by atoms with Crippen LogP contribution >= 0.6 is 0 Å². The number of methoxy groups -OCH3 is 4. The fourth-order valence-corrected chi connectivity index (χ4v) is 3.61. The van der Waals surface area contributed by atoms with Gasteiger partial charge in [-0.15, -0.1) is 0 Å². The number of pyridine rings is 1. The molecule has 2 heterocycles. The molecular weight excluding hydrogens is 420 g/mol. The Hall–Kier alpha value is -4.26. The van der Waals surface area contributed by atoms with Crippen LogP contribution in [-0.4, -0.2) is 43.6 Å². The molecule has 0 bridgehead atoms. The second kappa shape index (κ2) is 9.48. The molecule has 0 radical (unpaired) electrons. The van der Waals surface area contributed by atoms with Crippen molar-refractivity contribution in [2.45, 2.75) is 0 Å². The van der Waals surface area contributed by atoms with Crippen molar-refractivity contribution in [2.24, 2.45) is 0 Å². The number of rotatable bonds is 8. The third-order valence-electron chi connectivity index (χ3n) is 5.27. The second-order valence-corrected chi connectivity index (χ2v) is 7.11. The third-order valence-corrected chi connectivity index (χ3v) is 5.27. The van der Waals surface area contributed by atoms with Crippen LogP contribution in [0.25, 0.3) is 23.0 Å². The molecule has 2 aromatic carbocycles. The van der Waals surface area contributed by atoms with Crippen LogP contribution in [0.5, 0.6) is 23.0 Å². The maximum absolute atomic E-state index is 13.1. The van der Waals surface area contributed by atoms with Crippen molar-refractivity contribution in [3.05, 3.63) is 78.1 Å². The fraction of sp³-hybridized carbons (Fsp3) is 0.154. The molecule has 0 saturated carbocycles. The van der Waals surface area contributed by atoms with Gasteiger partial charge >= 0.3 is 0 Å². The fourth-order valence-electron chi connectivity index (χ4n) is 3.61. The Labute approximate surface area is 191 Å². The SMILES string of the molecule is COc1ccc(-c2nc3ccccn3c2/C=C/C(=O)c2cc(OC)c(OC)c(OC)c2)cc1. The van der Waals surface area contributed by atoms with Crippen molar-refractivity contribution in [3.8, 4) is 34.3 Å². The molecule has 0 spiro atoms. The van der Waals surface area contributed by atoms with Gasteiger partial charge in [-0.2, -0.15) is 0 Å². The van der Waals surface area contributed by atoms with Crippen molar-refractivity contribution in [3.63, 3.8) is 0 Å². The molecule has 0 unspecified atom stereocenters. The summed E-state index contributed by atoms with van der Waals surface area (Å²) in [5, 5.41) is 0. The molecule has 2 aromatic heterocycles. The lowest BCUT2D eigenvalue weighted by Crippen LogP contribution is -2.00. The van der Waals surface area contributed by atoms with E-state index in [9.17, 15) is 4.79 Å². The van der Waals surface area contributed by atoms with Crippen molar-refractivity contribution >= 4 is 17.5 Å². The number of hydrogen-bond acceptors (Lipinski definition) is 6. The van der Waals surface area contributed by atoms with E-state index in [-0.39, 0.29) is 5.78 Å². The molecule has 7 nitrogen and oxygen atoms in total. The van der Waals surface area contributed by atoms with Gasteiger partial charge < -0.3 is 18.9 Å². The average molecular weight is 444 g/mol. The number of hydrogen-bond donors (Lipinski definition) is 0. The van der Waals surface area contributed by atoms with Crippen LogP contribution in [0.1, 0.15) is 16.1 Å². The summed E-state index contributed by atoms with van der Waals surface area (Å²) in [4.78, 5) is 17.8. The number of carbonyl (C=O) groups excluding carboxylic acids is 1. The largest absolute Gasteiger partial charge is 0.497 e. The van der Waals surface area contributed by atoms with Gasteiger partial charge in [0.1, 0.15) is 11.4 Å². The lowest BCUT2D eigenvalue weighted by molar-refractivity contribution is 0.104. The highest BCUT2D eigenvalue weighted by molar-refractivity contribution is 6.07. The first-order chi connectivity index (χ1) is 16.1. The highest BCUT2D eigenvalue weighted by atomic mass is 16.5. The first-order valence-corrected chi connectivity index (χ1v) is 10.2. The second-order valence-electron chi connectivity index (χ2n) is 7.11. The summed E-state index contributed by atoms with van der Waals surface area (Å²) in [5.74, 6) is 1.83. The molecule has 0 fully saturated rings. The molecule has 4 rings (SSSR count). The van der Waals surface area contributed by atoms with Gasteiger partial charge in [0, 0.05) is 17.3 Å². The minimum absolute atomic E-state index is 0.208. The Morgan fingerprint density at radius 3 is 2.18 bits per heavy atom. The zero-order valence-corrected chi connectivity index (χ0v) is 18.9. The molecule has 33 heavy (non-hydrogen) atoms. The van der Waals surface area contributed by atoms with Crippen LogP contribution < -0.4 is 18.9 Å². The molecule has 0 atom stereocenters. The van der Waals surface area contributed by atoms with Crippen molar-refractivity contribution < 1.29 is 23.7 Å². The van der Waals surface area contributed by atoms with Gasteiger partial charge in [0.2, 0.25) is 5.75 Å². The molecule has 0 aliphatic rings. The zero-order valence-electron chi connectivity index (χ0n) is 18.9. The Morgan fingerprint density at radius 2 is 1.58 bits per heavy atom. The van der Waals surface area contributed by atoms with E-state index >= 15 is 0 Å². The molecular formula is C26H24N2O5. The van der Waals surface area contributed by atoms with E-state index in [1.165, 1.54) is 27.4 Å². The lowest BCUT2D eigenvalue weighted by Gasteiger charge is -2.13. The van der Waals surface area contributed by atoms with Gasteiger partial charge in [-0.25, -0.2) is 4.98 Å². The standard InChI is InChI=1S/C26H24N2O5/c1-30-19-10-8-17(9-11-19)25-20(28-14-6-5-7-24(28)27-25)12-13-21(29)18-15-22(31-2)26(33-4)23(16-18)32-3/h5-16H,1-4H3/b13-12+. The molecule has 0 saturated heterocycles. The van der Waals surface area contributed by atoms with Gasteiger partial charge in [0.05, 0.1) is 39.8 Å². The lowest BCUT2D eigenvalue weighted by atomic mass is 10.1. The summed E-state index contributed by atoms with van der Waals surface area (Å²) < 4.78 is 23.3. The predicted molar refractivity (Wildman–Crippen MR) is 127 cm³/mol. The Kier molecular flexibility index (Phi) is 6.31. The van der Waals surface area contributed by atoms with E-state index in [0.29, 0.717) is 22.8 Å². The van der Waals surface area contributed by atoms with Crippen molar-refractivity contribution in [1.82, 2.24) is 9.38 Å². The maximum Gasteiger partial charge on any atom is 0.203 e. The van der Waals surface area contributed by atoms with Gasteiger partial charge in [-0.1, -0.05) is 6.07 Å². The summed E-state index contributed by atoms with van der Waals surface area (Å²) in [6.45, 7) is 0. The zero-order chi connectivity index (χ0) is 23.4. The molecule has 0 N–H and O–H groups in total. The van der Waals surface area contributed by atoms with Crippen molar-refractivity contribution in [2.75, 3.05) is 28.4 Å². The number of ketones is 1. The molecule has 0 aliphatic heterocycles. The monoisotopic (exact) mass is 444 g/mol. The predicted octanol–water partition coefficient (Wildman–Crippen LogP) is 4.93. The third kappa shape index (κ3) is 4.25. The number of benzene rings is 2. The minimum Gasteiger partial charge on any atom is -0.497 e. The highest BCUT2D eigenvalue weighted by Gasteiger charge is 2.17. The van der Waals surface area contributed by atoms with Gasteiger partial charge in [-0.3, -0.25) is 9.20 Å². The quantitative estimate of drug-likeness (QED) is 0.283. The van der Waals surface area contributed by atoms with Crippen LogP contribution in [0.3, 0.4) is 0 Å². The molecule has 7 heteroatoms. The number of fused-ring (bicyclic) bond motifs is 1. The molecule has 0 amide bonds. The summed E-state index contributed by atoms with van der Waals surface area (Å²) >= 11 is 0. The van der Waals surface area contributed by atoms with Crippen LogP contribution in [0, 0.1) is 0 Å². The van der Waals surface area contributed by atoms with E-state index in [0.717, 1.165) is 28.3 Å². The van der Waals surface area contributed by atoms with E-state index < -0.39 is 0 Å². The summed E-state index contributed by atoms with van der Waals surface area (Å²) in [5.41, 5.74) is 3.66. The van der Waals surface area contributed by atoms with Gasteiger partial charge in [0.25, 0.3) is 0 Å². The summed E-state index contributed by atoms with van der Waals surface area (Å²) in [6.07, 6.45) is 5.20. The van der Waals surface area contributed by atoms with E-state index in [4.69, 9.17) is 23.9 Å². The number of carbonyl (C=O) groups is 1. The highest BCUT2D eigenvalue weighted by Crippen LogP contribution is 2.38. The summed E-state index contributed by atoms with van der Waals surface area (Å²) in [6, 6.07) is 16.7. The van der Waals surface area contributed by atoms with Crippen LogP contribution in [0.2, 0.25) is 0 Å². The molecule has 4 aromatic rings. The maximum atomic E-state index is 13.1. The summed E-state index contributed by atoms with van der Waals surface area (Å²) in [7, 11) is 6.18. The van der Waals surface area contributed by atoms with Crippen LogP contribution in [-0.2, 0) is 0 Å². The minimum atomic E-state index is -0.208. The Bertz CT molecular complexity index is 1300. The first-order valence-electron chi connectivity index (χ1n) is 10.2. The van der Waals surface area contributed by atoms with Crippen LogP contribution in [0.15, 0.2) is 66.9 Å². The smallest absolute Gasteiger partial charge is 0.203 e. The number of imidazole rings is 1. The van der Waals surface area contributed by atoms with Gasteiger partial charge in [-0.05, 0) is 60.7 Å². The van der Waals surface area contributed by atoms with E-state index in [2.05, 4.69) is 0 Å². The van der Waals surface area contributed by atoms with Gasteiger partial charge in [0.15, 0.2) is 17.3 Å². The molecule has 0 aliphatic carbocycles. The van der Waals surface area contributed by atoms with Crippen LogP contribution in [0.4, 0.5) is 0 Å². The Morgan fingerprint density at radius 1 is 0.879 bits per heavy atom. The number of aromatic nitrogens is 2. The topological polar surface area (TPSA) is 71.3 Å². The van der Waals surface area contributed by atoms with E-state index in [1.807, 2.05) is 53.1 Å².